The van der Waals surface area contributed by atoms with E-state index in [4.69, 9.17) is 4.74 Å². The van der Waals surface area contributed by atoms with E-state index in [1.165, 1.54) is 24.8 Å². The first-order valence-corrected chi connectivity index (χ1v) is 19.2. The van der Waals surface area contributed by atoms with Crippen molar-refractivity contribution in [3.05, 3.63) is 63.9 Å². The van der Waals surface area contributed by atoms with Gasteiger partial charge in [-0.2, -0.15) is 0 Å². The van der Waals surface area contributed by atoms with Crippen molar-refractivity contribution in [1.82, 2.24) is 19.1 Å². The zero-order valence-corrected chi connectivity index (χ0v) is 28.2. The second-order valence-electron chi connectivity index (χ2n) is 15.2. The SMILES string of the molecule is COc1ccc(C2CCCCC2)c2c1cc1n2CC2=C(C(=O)NS(=O)(=O)C3CC3)C2=C2C=CC[C@@H](C(=O)N3CC4CN(C)CC4C3)C21. The summed E-state index contributed by atoms with van der Waals surface area (Å²) < 4.78 is 36.4. The largest absolute Gasteiger partial charge is 0.496 e. The Morgan fingerprint density at radius 3 is 2.43 bits per heavy atom. The van der Waals surface area contributed by atoms with E-state index in [0.29, 0.717) is 49.1 Å². The van der Waals surface area contributed by atoms with E-state index in [2.05, 4.69) is 56.5 Å². The van der Waals surface area contributed by atoms with Crippen LogP contribution < -0.4 is 9.46 Å². The third-order valence-electron chi connectivity index (χ3n) is 12.2. The summed E-state index contributed by atoms with van der Waals surface area (Å²) in [5.74, 6) is 1.41. The highest BCUT2D eigenvalue weighted by atomic mass is 32.2. The van der Waals surface area contributed by atoms with E-state index in [-0.39, 0.29) is 17.7 Å². The fraction of sp³-hybridized carbons (Fsp3) is 0.568. The Labute approximate surface area is 276 Å². The number of ether oxygens (including phenoxy) is 1. The van der Waals surface area contributed by atoms with Gasteiger partial charge in [-0.25, -0.2) is 13.1 Å². The second-order valence-corrected chi connectivity index (χ2v) is 17.1. The summed E-state index contributed by atoms with van der Waals surface area (Å²) in [4.78, 5) is 32.8. The molecule has 9 nitrogen and oxygen atoms in total. The summed E-state index contributed by atoms with van der Waals surface area (Å²) >= 11 is 0. The minimum absolute atomic E-state index is 0.192. The molecule has 3 aliphatic heterocycles. The summed E-state index contributed by atoms with van der Waals surface area (Å²) in [6.45, 7) is 4.13. The number of allylic oxidation sites excluding steroid dienone is 4. The topological polar surface area (TPSA) is 101 Å². The third kappa shape index (κ3) is 4.76. The molecule has 47 heavy (non-hydrogen) atoms. The Hall–Kier alpha value is -3.37. The molecular formula is C37H44N4O5S. The van der Waals surface area contributed by atoms with Gasteiger partial charge in [-0.1, -0.05) is 37.5 Å². The molecule has 4 heterocycles. The normalized spacial score (nSPS) is 29.0. The smallest absolute Gasteiger partial charge is 0.265 e. The van der Waals surface area contributed by atoms with Crippen molar-refractivity contribution < 1.29 is 22.7 Å². The van der Waals surface area contributed by atoms with Gasteiger partial charge in [-0.3, -0.25) is 9.59 Å². The Balaban J connectivity index is 1.18. The molecule has 2 saturated heterocycles. The molecule has 0 radical (unpaired) electrons. The number of benzene rings is 1. The number of rotatable bonds is 6. The monoisotopic (exact) mass is 656 g/mol. The van der Waals surface area contributed by atoms with Crippen LogP contribution in [0.25, 0.3) is 10.9 Å². The van der Waals surface area contributed by atoms with Crippen LogP contribution in [0.2, 0.25) is 0 Å². The average molecular weight is 657 g/mol. The molecule has 0 spiro atoms. The first-order chi connectivity index (χ1) is 22.7. The number of carbonyl (C=O) groups is 2. The summed E-state index contributed by atoms with van der Waals surface area (Å²) in [5.41, 5.74) is 6.74. The van der Waals surface area contributed by atoms with Crippen LogP contribution in [0, 0.1) is 17.8 Å². The maximum absolute atomic E-state index is 14.6. The van der Waals surface area contributed by atoms with Crippen molar-refractivity contribution in [2.24, 2.45) is 17.8 Å². The number of likely N-dealkylation sites (tertiary alicyclic amines) is 2. The van der Waals surface area contributed by atoms with E-state index in [1.807, 2.05) is 0 Å². The maximum Gasteiger partial charge on any atom is 0.265 e. The van der Waals surface area contributed by atoms with Gasteiger partial charge < -0.3 is 19.1 Å². The summed E-state index contributed by atoms with van der Waals surface area (Å²) in [5, 5.41) is 0.573. The molecule has 2 aromatic rings. The van der Waals surface area contributed by atoms with Crippen LogP contribution in [0.1, 0.15) is 74.5 Å². The Morgan fingerprint density at radius 1 is 0.979 bits per heavy atom. The highest BCUT2D eigenvalue weighted by molar-refractivity contribution is 7.91. The molecule has 1 aromatic heterocycles. The lowest BCUT2D eigenvalue weighted by Gasteiger charge is -2.33. The number of carbonyl (C=O) groups excluding carboxylic acids is 2. The second kappa shape index (κ2) is 10.8. The lowest BCUT2D eigenvalue weighted by atomic mass is 9.76. The zero-order valence-electron chi connectivity index (χ0n) is 27.3. The van der Waals surface area contributed by atoms with Crippen molar-refractivity contribution in [1.29, 1.82) is 0 Å². The van der Waals surface area contributed by atoms with Crippen LogP contribution >= 0.6 is 0 Å². The predicted octanol–water partition coefficient (Wildman–Crippen LogP) is 4.61. The van der Waals surface area contributed by atoms with Crippen LogP contribution in [0.3, 0.4) is 0 Å². The first-order valence-electron chi connectivity index (χ1n) is 17.6. The maximum atomic E-state index is 14.6. The highest BCUT2D eigenvalue weighted by Gasteiger charge is 2.50. The molecule has 4 aliphatic carbocycles. The van der Waals surface area contributed by atoms with Gasteiger partial charge in [0.2, 0.25) is 15.9 Å². The molecule has 3 unspecified atom stereocenters. The van der Waals surface area contributed by atoms with E-state index >= 15 is 0 Å². The van der Waals surface area contributed by atoms with E-state index in [1.54, 1.807) is 7.11 Å². The van der Waals surface area contributed by atoms with Crippen LogP contribution in [-0.2, 0) is 26.2 Å². The fourth-order valence-electron chi connectivity index (χ4n) is 9.79. The molecular weight excluding hydrogens is 612 g/mol. The van der Waals surface area contributed by atoms with Crippen LogP contribution in [0.15, 0.2) is 52.6 Å². The number of amides is 2. The Kier molecular flexibility index (Phi) is 6.85. The van der Waals surface area contributed by atoms with Crippen molar-refractivity contribution >= 4 is 32.7 Å². The molecule has 248 valence electrons. The fourth-order valence-corrected chi connectivity index (χ4v) is 11.1. The summed E-state index contributed by atoms with van der Waals surface area (Å²) in [7, 11) is 0.183. The zero-order chi connectivity index (χ0) is 32.2. The predicted molar refractivity (Wildman–Crippen MR) is 179 cm³/mol. The number of sulfonamides is 1. The standard InChI is InChI=1S/C37H44N4O5S/c1-39-16-22-18-40(19-23(22)17-39)37(43)27-10-6-9-26-32(27)30-15-28-31(46-2)14-13-25(21-7-4-3-5-8-21)35(28)41(30)20-29-33(26)34(29)36(42)38-47(44,45)24-11-12-24/h6,9,13-15,21-24,27,32H,3-5,7-8,10-12,16-20H2,1-2H3,(H,38,42)/t22?,23?,27-,32?/m1/s1. The Morgan fingerprint density at radius 2 is 1.72 bits per heavy atom. The summed E-state index contributed by atoms with van der Waals surface area (Å²) in [6.07, 6.45) is 12.0. The average Bonchev–Trinajstić information content (AvgIpc) is 3.94. The molecule has 7 aliphatic rings. The minimum atomic E-state index is -3.70. The minimum Gasteiger partial charge on any atom is -0.496 e. The summed E-state index contributed by atoms with van der Waals surface area (Å²) in [6, 6.07) is 6.57. The van der Waals surface area contributed by atoms with Gasteiger partial charge in [0, 0.05) is 49.7 Å². The molecule has 1 aromatic carbocycles. The molecule has 10 heteroatoms. The van der Waals surface area contributed by atoms with Gasteiger partial charge in [0.1, 0.15) is 5.75 Å². The lowest BCUT2D eigenvalue weighted by Crippen LogP contribution is -2.40. The van der Waals surface area contributed by atoms with Gasteiger partial charge >= 0.3 is 0 Å². The van der Waals surface area contributed by atoms with Crippen molar-refractivity contribution in [2.45, 2.75) is 75.0 Å². The molecule has 2 amide bonds. The number of hydrogen-bond donors (Lipinski definition) is 1. The van der Waals surface area contributed by atoms with E-state index in [0.717, 1.165) is 78.1 Å². The lowest BCUT2D eigenvalue weighted by molar-refractivity contribution is -0.135. The van der Waals surface area contributed by atoms with Crippen molar-refractivity contribution in [3.63, 3.8) is 0 Å². The molecule has 4 atom stereocenters. The van der Waals surface area contributed by atoms with Crippen molar-refractivity contribution in [2.75, 3.05) is 40.3 Å². The van der Waals surface area contributed by atoms with Gasteiger partial charge in [-0.15, -0.1) is 0 Å². The highest BCUT2D eigenvalue weighted by Crippen LogP contribution is 2.55. The van der Waals surface area contributed by atoms with Gasteiger partial charge in [0.05, 0.1) is 29.4 Å². The molecule has 2 saturated carbocycles. The Bertz CT molecular complexity index is 1900. The van der Waals surface area contributed by atoms with Crippen LogP contribution in [-0.4, -0.2) is 80.2 Å². The quantitative estimate of drug-likeness (QED) is 0.488. The third-order valence-corrected chi connectivity index (χ3v) is 14.0. The first kappa shape index (κ1) is 29.7. The van der Waals surface area contributed by atoms with Crippen LogP contribution in [0.4, 0.5) is 0 Å². The number of hydrogen-bond acceptors (Lipinski definition) is 6. The number of methoxy groups -OCH3 is 1. The van der Waals surface area contributed by atoms with Crippen molar-refractivity contribution in [3.8, 4) is 5.75 Å². The van der Waals surface area contributed by atoms with E-state index in [9.17, 15) is 18.0 Å². The molecule has 0 bridgehead atoms. The molecule has 1 N–H and O–H groups in total. The number of aromatic nitrogens is 1. The van der Waals surface area contributed by atoms with Crippen LogP contribution in [0.5, 0.6) is 5.75 Å². The van der Waals surface area contributed by atoms with Gasteiger partial charge in [0.25, 0.3) is 5.91 Å². The van der Waals surface area contributed by atoms with E-state index < -0.39 is 21.2 Å². The number of nitrogens with one attached hydrogen (secondary N) is 1. The number of fused-ring (bicyclic) bond motifs is 7. The van der Waals surface area contributed by atoms with Gasteiger partial charge in [0.15, 0.2) is 0 Å². The molecule has 9 rings (SSSR count). The molecule has 4 fully saturated rings. The number of nitrogens with zero attached hydrogens (tertiary/aromatic N) is 3. The van der Waals surface area contributed by atoms with Gasteiger partial charge in [-0.05, 0) is 91.3 Å².